The third kappa shape index (κ3) is 4.73. The number of carbonyl (C=O) groups excluding carboxylic acids is 3. The van der Waals surface area contributed by atoms with Gasteiger partial charge in [0.2, 0.25) is 11.8 Å². The molecule has 0 atom stereocenters. The first-order valence-corrected chi connectivity index (χ1v) is 11.2. The zero-order valence-corrected chi connectivity index (χ0v) is 17.9. The molecular formula is C23H32N4O3. The molecule has 7 nitrogen and oxygen atoms in total. The monoisotopic (exact) mass is 412 g/mol. The molecule has 30 heavy (non-hydrogen) atoms. The van der Waals surface area contributed by atoms with Crippen LogP contribution in [0, 0.1) is 0 Å². The fraction of sp³-hybridized carbons (Fsp3) is 0.609. The molecule has 2 heterocycles. The van der Waals surface area contributed by atoms with Gasteiger partial charge in [-0.3, -0.25) is 24.2 Å². The van der Waals surface area contributed by atoms with Gasteiger partial charge in [0.15, 0.2) is 5.78 Å². The Balaban J connectivity index is 1.25. The zero-order chi connectivity index (χ0) is 21.1. The molecule has 2 amide bonds. The van der Waals surface area contributed by atoms with Crippen LogP contribution in [0.1, 0.15) is 43.0 Å². The van der Waals surface area contributed by atoms with Gasteiger partial charge in [0, 0.05) is 56.6 Å². The summed E-state index contributed by atoms with van der Waals surface area (Å²) in [7, 11) is 0. The summed E-state index contributed by atoms with van der Waals surface area (Å²) in [5.74, 6) is 0.143. The molecule has 1 aliphatic carbocycles. The van der Waals surface area contributed by atoms with Gasteiger partial charge in [0.1, 0.15) is 0 Å². The van der Waals surface area contributed by atoms with Crippen molar-refractivity contribution in [2.45, 2.75) is 38.6 Å². The number of anilines is 1. The Morgan fingerprint density at radius 3 is 2.20 bits per heavy atom. The average molecular weight is 413 g/mol. The number of carbonyl (C=O) groups is 3. The highest BCUT2D eigenvalue weighted by Gasteiger charge is 2.30. The van der Waals surface area contributed by atoms with E-state index in [4.69, 9.17) is 0 Å². The Morgan fingerprint density at radius 2 is 1.60 bits per heavy atom. The topological polar surface area (TPSA) is 64.2 Å². The van der Waals surface area contributed by atoms with Crippen molar-refractivity contribution in [1.29, 1.82) is 0 Å². The van der Waals surface area contributed by atoms with E-state index in [9.17, 15) is 14.4 Å². The van der Waals surface area contributed by atoms with E-state index in [0.717, 1.165) is 37.9 Å². The second-order valence-electron chi connectivity index (χ2n) is 8.71. The van der Waals surface area contributed by atoms with Crippen LogP contribution in [0.5, 0.6) is 0 Å². The summed E-state index contributed by atoms with van der Waals surface area (Å²) in [5, 5.41) is 0. The third-order valence-electron chi connectivity index (χ3n) is 6.75. The van der Waals surface area contributed by atoms with Crippen LogP contribution in [-0.2, 0) is 9.59 Å². The maximum absolute atomic E-state index is 12.8. The number of hydrogen-bond acceptors (Lipinski definition) is 5. The van der Waals surface area contributed by atoms with Crippen LogP contribution in [-0.4, -0.2) is 90.7 Å². The van der Waals surface area contributed by atoms with Gasteiger partial charge < -0.3 is 9.80 Å². The molecule has 4 rings (SSSR count). The molecule has 1 saturated carbocycles. The molecule has 0 radical (unpaired) electrons. The highest BCUT2D eigenvalue weighted by molar-refractivity contribution is 5.97. The molecule has 1 aromatic rings. The van der Waals surface area contributed by atoms with Crippen molar-refractivity contribution in [2.75, 3.05) is 57.3 Å². The Hall–Kier alpha value is -2.25. The van der Waals surface area contributed by atoms with E-state index in [1.807, 2.05) is 21.9 Å². The van der Waals surface area contributed by atoms with E-state index in [1.54, 1.807) is 17.0 Å². The van der Waals surface area contributed by atoms with E-state index in [-0.39, 0.29) is 24.1 Å². The Morgan fingerprint density at radius 1 is 0.933 bits per heavy atom. The largest absolute Gasteiger partial charge is 0.339 e. The van der Waals surface area contributed by atoms with E-state index in [2.05, 4.69) is 4.90 Å². The molecule has 0 N–H and O–H groups in total. The van der Waals surface area contributed by atoms with E-state index in [1.165, 1.54) is 32.6 Å². The molecule has 0 bridgehead atoms. The van der Waals surface area contributed by atoms with Gasteiger partial charge in [0.05, 0.1) is 13.1 Å². The lowest BCUT2D eigenvalue weighted by Crippen LogP contribution is -2.56. The van der Waals surface area contributed by atoms with Crippen LogP contribution in [0.4, 0.5) is 5.69 Å². The number of piperazine rings is 2. The lowest BCUT2D eigenvalue weighted by molar-refractivity contribution is -0.135. The Kier molecular flexibility index (Phi) is 6.49. The average Bonchev–Trinajstić information content (AvgIpc) is 3.29. The molecule has 162 valence electrons. The predicted octanol–water partition coefficient (Wildman–Crippen LogP) is 1.62. The second kappa shape index (κ2) is 9.27. The summed E-state index contributed by atoms with van der Waals surface area (Å²) in [6, 6.07) is 7.87. The van der Waals surface area contributed by atoms with Crippen LogP contribution in [0.2, 0.25) is 0 Å². The van der Waals surface area contributed by atoms with Gasteiger partial charge in [-0.1, -0.05) is 12.8 Å². The molecule has 0 spiro atoms. The molecule has 3 fully saturated rings. The smallest absolute Gasteiger partial charge is 0.241 e. The first-order chi connectivity index (χ1) is 14.5. The van der Waals surface area contributed by atoms with Crippen molar-refractivity contribution in [1.82, 2.24) is 14.7 Å². The van der Waals surface area contributed by atoms with Crippen molar-refractivity contribution < 1.29 is 14.4 Å². The normalized spacial score (nSPS) is 22.0. The molecular weight excluding hydrogens is 380 g/mol. The maximum Gasteiger partial charge on any atom is 0.241 e. The lowest BCUT2D eigenvalue weighted by atomic mass is 10.1. The van der Waals surface area contributed by atoms with Gasteiger partial charge in [-0.05, 0) is 44.0 Å². The molecule has 0 unspecified atom stereocenters. The molecule has 1 aromatic carbocycles. The summed E-state index contributed by atoms with van der Waals surface area (Å²) in [4.78, 5) is 45.1. The number of benzene rings is 1. The number of hydrogen-bond donors (Lipinski definition) is 0. The van der Waals surface area contributed by atoms with Gasteiger partial charge >= 0.3 is 0 Å². The second-order valence-corrected chi connectivity index (χ2v) is 8.71. The van der Waals surface area contributed by atoms with Crippen LogP contribution >= 0.6 is 0 Å². The summed E-state index contributed by atoms with van der Waals surface area (Å²) >= 11 is 0. The highest BCUT2D eigenvalue weighted by Crippen LogP contribution is 2.24. The number of rotatable bonds is 5. The predicted molar refractivity (Wildman–Crippen MR) is 116 cm³/mol. The maximum atomic E-state index is 12.8. The standard InChI is InChI=1S/C23H32N4O3/c1-18(28)19-6-8-21(9-7-19)27-15-10-24(17-23(27)30)16-22(29)26-13-11-25(12-14-26)20-4-2-3-5-20/h6-9,20H,2-5,10-17H2,1H3. The fourth-order valence-corrected chi connectivity index (χ4v) is 4.90. The molecule has 2 saturated heterocycles. The lowest BCUT2D eigenvalue weighted by Gasteiger charge is -2.39. The minimum absolute atomic E-state index is 0.00400. The quantitative estimate of drug-likeness (QED) is 0.688. The molecule has 0 aromatic heterocycles. The fourth-order valence-electron chi connectivity index (χ4n) is 4.90. The van der Waals surface area contributed by atoms with Crippen LogP contribution < -0.4 is 4.90 Å². The van der Waals surface area contributed by atoms with Crippen molar-refractivity contribution in [3.8, 4) is 0 Å². The van der Waals surface area contributed by atoms with E-state index in [0.29, 0.717) is 25.2 Å². The SMILES string of the molecule is CC(=O)c1ccc(N2CCN(CC(=O)N3CCN(C4CCCC4)CC3)CC2=O)cc1. The zero-order valence-electron chi connectivity index (χ0n) is 17.9. The van der Waals surface area contributed by atoms with Crippen molar-refractivity contribution in [3.05, 3.63) is 29.8 Å². The van der Waals surface area contributed by atoms with E-state index < -0.39 is 0 Å². The number of nitrogens with zero attached hydrogens (tertiary/aromatic N) is 4. The van der Waals surface area contributed by atoms with Crippen LogP contribution in [0.25, 0.3) is 0 Å². The minimum Gasteiger partial charge on any atom is -0.339 e. The highest BCUT2D eigenvalue weighted by atomic mass is 16.2. The summed E-state index contributed by atoms with van der Waals surface area (Å²) in [5.41, 5.74) is 1.45. The van der Waals surface area contributed by atoms with Gasteiger partial charge in [-0.25, -0.2) is 0 Å². The molecule has 3 aliphatic rings. The molecule has 2 aliphatic heterocycles. The van der Waals surface area contributed by atoms with Gasteiger partial charge in [0.25, 0.3) is 0 Å². The number of amides is 2. The molecule has 7 heteroatoms. The van der Waals surface area contributed by atoms with Gasteiger partial charge in [-0.15, -0.1) is 0 Å². The first-order valence-electron chi connectivity index (χ1n) is 11.2. The first kappa shape index (κ1) is 21.0. The van der Waals surface area contributed by atoms with Crippen molar-refractivity contribution >= 4 is 23.3 Å². The van der Waals surface area contributed by atoms with Gasteiger partial charge in [-0.2, -0.15) is 0 Å². The Bertz CT molecular complexity index is 780. The van der Waals surface area contributed by atoms with Crippen LogP contribution in [0.15, 0.2) is 24.3 Å². The summed E-state index contributed by atoms with van der Waals surface area (Å²) in [6.45, 7) is 6.87. The Labute approximate surface area is 178 Å². The van der Waals surface area contributed by atoms with E-state index >= 15 is 0 Å². The number of ketones is 1. The van der Waals surface area contributed by atoms with Crippen molar-refractivity contribution in [3.63, 3.8) is 0 Å². The minimum atomic E-state index is -0.00400. The summed E-state index contributed by atoms with van der Waals surface area (Å²) < 4.78 is 0. The number of Topliss-reactive ketones (excluding diaryl/α,β-unsaturated/α-hetero) is 1. The third-order valence-corrected chi connectivity index (χ3v) is 6.75. The van der Waals surface area contributed by atoms with Crippen LogP contribution in [0.3, 0.4) is 0 Å². The van der Waals surface area contributed by atoms with Crippen molar-refractivity contribution in [2.24, 2.45) is 0 Å². The summed E-state index contributed by atoms with van der Waals surface area (Å²) in [6.07, 6.45) is 5.28.